The third-order valence-electron chi connectivity index (χ3n) is 5.10. The van der Waals surface area contributed by atoms with Crippen LogP contribution in [-0.4, -0.2) is 41.9 Å². The van der Waals surface area contributed by atoms with Crippen LogP contribution in [-0.2, 0) is 24.1 Å². The molecular formula is C18H19F3N6O. The number of aryl methyl sites for hydroxylation is 2. The van der Waals surface area contributed by atoms with E-state index < -0.39 is 18.0 Å². The number of carbonyl (C=O) groups excluding carboxylic acids is 1. The molecule has 0 aliphatic carbocycles. The minimum absolute atomic E-state index is 0.0250. The Labute approximate surface area is 158 Å². The molecule has 28 heavy (non-hydrogen) atoms. The zero-order valence-electron chi connectivity index (χ0n) is 15.4. The van der Waals surface area contributed by atoms with Crippen molar-refractivity contribution in [3.05, 3.63) is 41.6 Å². The number of benzene rings is 1. The topological polar surface area (TPSA) is 68.8 Å². The van der Waals surface area contributed by atoms with Crippen LogP contribution in [0.1, 0.15) is 36.6 Å². The molecule has 3 heterocycles. The summed E-state index contributed by atoms with van der Waals surface area (Å²) in [6, 6.07) is 5.42. The highest BCUT2D eigenvalue weighted by Gasteiger charge is 2.41. The maximum atomic E-state index is 13.0. The van der Waals surface area contributed by atoms with Crippen molar-refractivity contribution in [3.63, 3.8) is 0 Å². The average Bonchev–Trinajstić information content (AvgIpc) is 3.24. The highest BCUT2D eigenvalue weighted by atomic mass is 19.4. The van der Waals surface area contributed by atoms with Crippen molar-refractivity contribution in [1.29, 1.82) is 0 Å². The largest absolute Gasteiger partial charge is 0.451 e. The summed E-state index contributed by atoms with van der Waals surface area (Å²) >= 11 is 0. The smallest absolute Gasteiger partial charge is 0.331 e. The van der Waals surface area contributed by atoms with E-state index in [4.69, 9.17) is 0 Å². The minimum atomic E-state index is -4.56. The average molecular weight is 392 g/mol. The summed E-state index contributed by atoms with van der Waals surface area (Å²) in [5, 5.41) is 12.3. The Morgan fingerprint density at radius 1 is 1.25 bits per heavy atom. The van der Waals surface area contributed by atoms with Crippen LogP contribution in [0.15, 0.2) is 24.4 Å². The molecule has 0 saturated heterocycles. The fourth-order valence-electron chi connectivity index (χ4n) is 3.64. The molecule has 1 aliphatic rings. The number of alkyl halides is 3. The molecule has 0 fully saturated rings. The van der Waals surface area contributed by atoms with Crippen LogP contribution < -0.4 is 0 Å². The number of aromatic nitrogens is 5. The second kappa shape index (κ2) is 6.61. The van der Waals surface area contributed by atoms with Gasteiger partial charge in [0.25, 0.3) is 0 Å². The summed E-state index contributed by atoms with van der Waals surface area (Å²) in [6.07, 6.45) is -2.60. The molecule has 0 radical (unpaired) electrons. The number of fused-ring (bicyclic) bond motifs is 2. The van der Waals surface area contributed by atoms with Crippen molar-refractivity contribution in [3.8, 4) is 0 Å². The highest BCUT2D eigenvalue weighted by Crippen LogP contribution is 2.32. The highest BCUT2D eigenvalue weighted by molar-refractivity contribution is 5.80. The molecule has 0 spiro atoms. The van der Waals surface area contributed by atoms with E-state index >= 15 is 0 Å². The molecular weight excluding hydrogens is 373 g/mol. The SMILES string of the molecule is Cc1ccc2cnn(CCC(=O)N3CCn4c(nnc4C(F)(F)F)C3C)c2c1. The first kappa shape index (κ1) is 18.5. The fraction of sp³-hybridized carbons (Fsp3) is 0.444. The number of amides is 1. The van der Waals surface area contributed by atoms with Crippen molar-refractivity contribution in [2.45, 2.75) is 45.6 Å². The third kappa shape index (κ3) is 3.12. The Hall–Kier alpha value is -2.91. The maximum absolute atomic E-state index is 13.0. The zero-order chi connectivity index (χ0) is 20.1. The lowest BCUT2D eigenvalue weighted by Gasteiger charge is -2.34. The monoisotopic (exact) mass is 392 g/mol. The van der Waals surface area contributed by atoms with Gasteiger partial charge in [0.2, 0.25) is 11.7 Å². The maximum Gasteiger partial charge on any atom is 0.451 e. The van der Waals surface area contributed by atoms with Crippen molar-refractivity contribution in [2.75, 3.05) is 6.54 Å². The molecule has 1 aromatic carbocycles. The third-order valence-corrected chi connectivity index (χ3v) is 5.10. The van der Waals surface area contributed by atoms with Crippen molar-refractivity contribution < 1.29 is 18.0 Å². The van der Waals surface area contributed by atoms with Gasteiger partial charge in [0, 0.05) is 24.9 Å². The molecule has 4 rings (SSSR count). The lowest BCUT2D eigenvalue weighted by Crippen LogP contribution is -2.42. The molecule has 2 aromatic heterocycles. The van der Waals surface area contributed by atoms with Crippen LogP contribution >= 0.6 is 0 Å². The molecule has 7 nitrogen and oxygen atoms in total. The summed E-state index contributed by atoms with van der Waals surface area (Å²) in [6.45, 7) is 4.27. The van der Waals surface area contributed by atoms with E-state index in [1.165, 1.54) is 0 Å². The van der Waals surface area contributed by atoms with Gasteiger partial charge in [-0.3, -0.25) is 9.48 Å². The first-order valence-corrected chi connectivity index (χ1v) is 8.97. The Balaban J connectivity index is 1.48. The Kier molecular flexibility index (Phi) is 4.35. The number of nitrogens with zero attached hydrogens (tertiary/aromatic N) is 6. The van der Waals surface area contributed by atoms with Crippen LogP contribution in [0.25, 0.3) is 10.9 Å². The van der Waals surface area contributed by atoms with E-state index in [1.54, 1.807) is 22.7 Å². The van der Waals surface area contributed by atoms with E-state index in [0.717, 1.165) is 21.0 Å². The molecule has 1 atom stereocenters. The van der Waals surface area contributed by atoms with Gasteiger partial charge in [-0.25, -0.2) is 0 Å². The van der Waals surface area contributed by atoms with Gasteiger partial charge in [-0.2, -0.15) is 18.3 Å². The molecule has 0 bridgehead atoms. The summed E-state index contributed by atoms with van der Waals surface area (Å²) in [7, 11) is 0. The second-order valence-electron chi connectivity index (χ2n) is 6.97. The lowest BCUT2D eigenvalue weighted by atomic mass is 10.1. The Morgan fingerprint density at radius 2 is 2.04 bits per heavy atom. The molecule has 148 valence electrons. The van der Waals surface area contributed by atoms with Crippen molar-refractivity contribution in [2.24, 2.45) is 0 Å². The van der Waals surface area contributed by atoms with Crippen LogP contribution in [0, 0.1) is 6.92 Å². The van der Waals surface area contributed by atoms with Gasteiger partial charge in [-0.05, 0) is 25.5 Å². The minimum Gasteiger partial charge on any atom is -0.331 e. The van der Waals surface area contributed by atoms with Gasteiger partial charge in [0.05, 0.1) is 24.3 Å². The van der Waals surface area contributed by atoms with Crippen LogP contribution in [0.4, 0.5) is 13.2 Å². The van der Waals surface area contributed by atoms with E-state index in [-0.39, 0.29) is 31.2 Å². The van der Waals surface area contributed by atoms with Gasteiger partial charge < -0.3 is 9.47 Å². The number of hydrogen-bond donors (Lipinski definition) is 0. The predicted molar refractivity (Wildman–Crippen MR) is 94.2 cm³/mol. The molecule has 1 amide bonds. The quantitative estimate of drug-likeness (QED) is 0.687. The van der Waals surface area contributed by atoms with Crippen molar-refractivity contribution >= 4 is 16.8 Å². The van der Waals surface area contributed by atoms with Crippen LogP contribution in [0.2, 0.25) is 0 Å². The predicted octanol–water partition coefficient (Wildman–Crippen LogP) is 2.95. The van der Waals surface area contributed by atoms with E-state index in [0.29, 0.717) is 6.54 Å². The molecule has 1 aliphatic heterocycles. The molecule has 0 N–H and O–H groups in total. The Morgan fingerprint density at radius 3 is 2.79 bits per heavy atom. The van der Waals surface area contributed by atoms with E-state index in [2.05, 4.69) is 15.3 Å². The summed E-state index contributed by atoms with van der Waals surface area (Å²) in [5.74, 6) is -1.00. The van der Waals surface area contributed by atoms with Gasteiger partial charge in [-0.15, -0.1) is 10.2 Å². The number of rotatable bonds is 3. The van der Waals surface area contributed by atoms with Crippen molar-refractivity contribution in [1.82, 2.24) is 29.4 Å². The van der Waals surface area contributed by atoms with Gasteiger partial charge in [0.1, 0.15) is 0 Å². The summed E-state index contributed by atoms with van der Waals surface area (Å²) in [4.78, 5) is 14.3. The first-order valence-electron chi connectivity index (χ1n) is 8.97. The van der Waals surface area contributed by atoms with Crippen LogP contribution in [0.5, 0.6) is 0 Å². The van der Waals surface area contributed by atoms with Gasteiger partial charge in [-0.1, -0.05) is 12.1 Å². The number of halogens is 3. The lowest BCUT2D eigenvalue weighted by molar-refractivity contribution is -0.148. The molecule has 1 unspecified atom stereocenters. The fourth-order valence-corrected chi connectivity index (χ4v) is 3.64. The Bertz CT molecular complexity index is 1040. The van der Waals surface area contributed by atoms with Gasteiger partial charge in [0.15, 0.2) is 5.82 Å². The first-order chi connectivity index (χ1) is 13.3. The normalized spacial score (nSPS) is 17.2. The number of carbonyl (C=O) groups is 1. The van der Waals surface area contributed by atoms with Gasteiger partial charge >= 0.3 is 6.18 Å². The molecule has 0 saturated carbocycles. The summed E-state index contributed by atoms with van der Waals surface area (Å²) in [5.41, 5.74) is 2.05. The van der Waals surface area contributed by atoms with E-state index in [1.807, 2.05) is 25.1 Å². The zero-order valence-corrected chi connectivity index (χ0v) is 15.4. The summed E-state index contributed by atoms with van der Waals surface area (Å²) < 4.78 is 41.9. The molecule has 10 heteroatoms. The standard InChI is InChI=1S/C18H19F3N6O/c1-11-3-4-13-10-22-27(14(13)9-11)6-5-15(28)25-7-8-26-16(12(25)2)23-24-17(26)18(19,20)21/h3-4,9-10,12H,5-8H2,1-2H3. The van der Waals surface area contributed by atoms with Crippen LogP contribution in [0.3, 0.4) is 0 Å². The van der Waals surface area contributed by atoms with E-state index in [9.17, 15) is 18.0 Å². The second-order valence-corrected chi connectivity index (χ2v) is 6.97. The molecule has 3 aromatic rings. The number of hydrogen-bond acceptors (Lipinski definition) is 4.